The lowest BCUT2D eigenvalue weighted by atomic mass is 9.90. The van der Waals surface area contributed by atoms with Crippen molar-refractivity contribution < 1.29 is 9.84 Å². The first kappa shape index (κ1) is 11.7. The van der Waals surface area contributed by atoms with E-state index < -0.39 is 0 Å². The molecule has 1 heterocycles. The van der Waals surface area contributed by atoms with Crippen LogP contribution < -0.4 is 10.1 Å². The van der Waals surface area contributed by atoms with E-state index in [2.05, 4.69) is 5.32 Å². The molecule has 0 aromatic heterocycles. The minimum atomic E-state index is -0.0671. The Hall–Kier alpha value is -1.73. The highest BCUT2D eigenvalue weighted by Gasteiger charge is 2.19. The van der Waals surface area contributed by atoms with E-state index in [4.69, 9.17) is 10.00 Å². The van der Waals surface area contributed by atoms with Crippen LogP contribution in [-0.4, -0.2) is 25.3 Å². The average molecular weight is 232 g/mol. The molecular weight excluding hydrogens is 216 g/mol. The Bertz CT molecular complexity index is 445. The summed E-state index contributed by atoms with van der Waals surface area (Å²) in [5, 5.41) is 22.1. The number of ether oxygens (including phenoxy) is 1. The Morgan fingerprint density at radius 2 is 2.35 bits per heavy atom. The minimum Gasteiger partial charge on any atom is -0.503 e. The molecule has 0 aliphatic carbocycles. The molecule has 1 atom stereocenters. The SMILES string of the molecule is COc1cc(C2CCCNC2)cc(C#N)c1O. The van der Waals surface area contributed by atoms with Gasteiger partial charge in [0.05, 0.1) is 12.7 Å². The van der Waals surface area contributed by atoms with Gasteiger partial charge in [-0.25, -0.2) is 0 Å². The Kier molecular flexibility index (Phi) is 3.50. The third kappa shape index (κ3) is 2.34. The minimum absolute atomic E-state index is 0.0671. The molecule has 0 spiro atoms. The van der Waals surface area contributed by atoms with Crippen molar-refractivity contribution in [2.75, 3.05) is 20.2 Å². The third-order valence-electron chi connectivity index (χ3n) is 3.21. The molecule has 0 bridgehead atoms. The van der Waals surface area contributed by atoms with Crippen LogP contribution in [0.4, 0.5) is 0 Å². The molecule has 1 aliphatic heterocycles. The fraction of sp³-hybridized carbons (Fsp3) is 0.462. The van der Waals surface area contributed by atoms with Crippen molar-refractivity contribution in [2.45, 2.75) is 18.8 Å². The fourth-order valence-electron chi connectivity index (χ4n) is 2.24. The summed E-state index contributed by atoms with van der Waals surface area (Å²) in [6.07, 6.45) is 2.24. The van der Waals surface area contributed by atoms with Gasteiger partial charge in [-0.05, 0) is 43.0 Å². The van der Waals surface area contributed by atoms with E-state index in [1.165, 1.54) is 7.11 Å². The molecule has 1 unspecified atom stereocenters. The molecule has 17 heavy (non-hydrogen) atoms. The lowest BCUT2D eigenvalue weighted by Crippen LogP contribution is -2.28. The molecule has 1 aromatic carbocycles. The first-order chi connectivity index (χ1) is 8.26. The summed E-state index contributed by atoms with van der Waals surface area (Å²) >= 11 is 0. The van der Waals surface area contributed by atoms with Crippen molar-refractivity contribution in [3.05, 3.63) is 23.3 Å². The summed E-state index contributed by atoms with van der Waals surface area (Å²) in [5.41, 5.74) is 1.34. The van der Waals surface area contributed by atoms with E-state index in [9.17, 15) is 5.11 Å². The predicted octanol–water partition coefficient (Wildman–Crippen LogP) is 1.74. The molecule has 2 rings (SSSR count). The first-order valence-corrected chi connectivity index (χ1v) is 5.78. The number of nitriles is 1. The van der Waals surface area contributed by atoms with Gasteiger partial charge >= 0.3 is 0 Å². The Labute approximate surface area is 101 Å². The number of nitrogens with zero attached hydrogens (tertiary/aromatic N) is 1. The number of hydrogen-bond acceptors (Lipinski definition) is 4. The van der Waals surface area contributed by atoms with Gasteiger partial charge in [-0.3, -0.25) is 0 Å². The van der Waals surface area contributed by atoms with Crippen LogP contribution in [0.1, 0.15) is 29.9 Å². The monoisotopic (exact) mass is 232 g/mol. The molecule has 90 valence electrons. The molecular formula is C13H16N2O2. The number of hydrogen-bond donors (Lipinski definition) is 2. The second-order valence-electron chi connectivity index (χ2n) is 4.27. The van der Waals surface area contributed by atoms with Crippen LogP contribution >= 0.6 is 0 Å². The van der Waals surface area contributed by atoms with Gasteiger partial charge in [-0.2, -0.15) is 5.26 Å². The summed E-state index contributed by atoms with van der Waals surface area (Å²) in [6, 6.07) is 5.59. The van der Waals surface area contributed by atoms with Crippen molar-refractivity contribution in [2.24, 2.45) is 0 Å². The molecule has 0 radical (unpaired) electrons. The maximum atomic E-state index is 9.75. The largest absolute Gasteiger partial charge is 0.503 e. The van der Waals surface area contributed by atoms with Gasteiger partial charge in [-0.15, -0.1) is 0 Å². The van der Waals surface area contributed by atoms with Crippen LogP contribution in [0.25, 0.3) is 0 Å². The van der Waals surface area contributed by atoms with E-state index in [-0.39, 0.29) is 11.3 Å². The van der Waals surface area contributed by atoms with Gasteiger partial charge in [-0.1, -0.05) is 0 Å². The van der Waals surface area contributed by atoms with E-state index in [0.29, 0.717) is 11.7 Å². The number of rotatable bonds is 2. The second kappa shape index (κ2) is 5.07. The second-order valence-corrected chi connectivity index (χ2v) is 4.27. The van der Waals surface area contributed by atoms with Gasteiger partial charge in [0.25, 0.3) is 0 Å². The lowest BCUT2D eigenvalue weighted by molar-refractivity contribution is 0.370. The summed E-state index contributed by atoms with van der Waals surface area (Å²) in [4.78, 5) is 0. The number of methoxy groups -OCH3 is 1. The maximum absolute atomic E-state index is 9.75. The number of benzene rings is 1. The summed E-state index contributed by atoms with van der Waals surface area (Å²) in [5.74, 6) is 0.706. The molecule has 1 saturated heterocycles. The van der Waals surface area contributed by atoms with Gasteiger partial charge in [0.1, 0.15) is 6.07 Å². The molecule has 2 N–H and O–H groups in total. The standard InChI is InChI=1S/C13H16N2O2/c1-17-12-6-10(5-11(7-14)13(12)16)9-3-2-4-15-8-9/h5-6,9,15-16H,2-4,8H2,1H3. The zero-order valence-electron chi connectivity index (χ0n) is 9.86. The number of piperidine rings is 1. The Morgan fingerprint density at radius 1 is 1.53 bits per heavy atom. The number of phenolic OH excluding ortho intramolecular Hbond substituents is 1. The third-order valence-corrected chi connectivity index (χ3v) is 3.21. The first-order valence-electron chi connectivity index (χ1n) is 5.78. The van der Waals surface area contributed by atoms with Crippen molar-refractivity contribution in [3.8, 4) is 17.6 Å². The predicted molar refractivity (Wildman–Crippen MR) is 64.2 cm³/mol. The zero-order chi connectivity index (χ0) is 12.3. The van der Waals surface area contributed by atoms with E-state index in [0.717, 1.165) is 31.5 Å². The van der Waals surface area contributed by atoms with Crippen molar-refractivity contribution in [1.82, 2.24) is 5.32 Å². The molecule has 1 aliphatic rings. The maximum Gasteiger partial charge on any atom is 0.175 e. The van der Waals surface area contributed by atoms with Crippen LogP contribution in [0.3, 0.4) is 0 Å². The average Bonchev–Trinajstić information content (AvgIpc) is 2.40. The van der Waals surface area contributed by atoms with Gasteiger partial charge < -0.3 is 15.2 Å². The number of aromatic hydroxyl groups is 1. The summed E-state index contributed by atoms with van der Waals surface area (Å²) in [6.45, 7) is 1.97. The summed E-state index contributed by atoms with van der Waals surface area (Å²) < 4.78 is 5.10. The topological polar surface area (TPSA) is 65.3 Å². The highest BCUT2D eigenvalue weighted by molar-refractivity contribution is 5.54. The number of nitrogens with one attached hydrogen (secondary N) is 1. The number of phenols is 1. The van der Waals surface area contributed by atoms with Gasteiger partial charge in [0, 0.05) is 6.54 Å². The molecule has 0 amide bonds. The molecule has 1 fully saturated rings. The lowest BCUT2D eigenvalue weighted by Gasteiger charge is -2.23. The van der Waals surface area contributed by atoms with Crippen LogP contribution in [0.15, 0.2) is 12.1 Å². The van der Waals surface area contributed by atoms with Crippen molar-refractivity contribution in [3.63, 3.8) is 0 Å². The van der Waals surface area contributed by atoms with E-state index in [1.807, 2.05) is 12.1 Å². The normalized spacial score (nSPS) is 19.6. The fourth-order valence-corrected chi connectivity index (χ4v) is 2.24. The van der Waals surface area contributed by atoms with E-state index in [1.54, 1.807) is 6.07 Å². The van der Waals surface area contributed by atoms with Crippen molar-refractivity contribution >= 4 is 0 Å². The van der Waals surface area contributed by atoms with Gasteiger partial charge in [0.15, 0.2) is 11.5 Å². The zero-order valence-corrected chi connectivity index (χ0v) is 9.86. The molecule has 1 aromatic rings. The van der Waals surface area contributed by atoms with Crippen molar-refractivity contribution in [1.29, 1.82) is 5.26 Å². The quantitative estimate of drug-likeness (QED) is 0.815. The highest BCUT2D eigenvalue weighted by atomic mass is 16.5. The van der Waals surface area contributed by atoms with Crippen LogP contribution in [0.5, 0.6) is 11.5 Å². The van der Waals surface area contributed by atoms with Crippen LogP contribution in [0.2, 0.25) is 0 Å². The smallest absolute Gasteiger partial charge is 0.175 e. The summed E-state index contributed by atoms with van der Waals surface area (Å²) in [7, 11) is 1.50. The van der Waals surface area contributed by atoms with Crippen LogP contribution in [0, 0.1) is 11.3 Å². The van der Waals surface area contributed by atoms with Gasteiger partial charge in [0.2, 0.25) is 0 Å². The molecule has 0 saturated carbocycles. The molecule has 4 heteroatoms. The Morgan fingerprint density at radius 3 is 2.94 bits per heavy atom. The Balaban J connectivity index is 2.37. The van der Waals surface area contributed by atoms with Crippen LogP contribution in [-0.2, 0) is 0 Å². The van der Waals surface area contributed by atoms with E-state index >= 15 is 0 Å². The molecule has 4 nitrogen and oxygen atoms in total. The highest BCUT2D eigenvalue weighted by Crippen LogP contribution is 2.35.